The quantitative estimate of drug-likeness (QED) is 0.831. The lowest BCUT2D eigenvalue weighted by Gasteiger charge is -2.13. The Morgan fingerprint density at radius 3 is 2.53 bits per heavy atom. The van der Waals surface area contributed by atoms with Gasteiger partial charge in [-0.1, -0.05) is 6.07 Å². The SMILES string of the molecule is Cc1c(I)cccc1NC(=O)[C@H](C)S(C)(=O)=O. The van der Waals surface area contributed by atoms with E-state index in [0.717, 1.165) is 15.4 Å². The predicted octanol–water partition coefficient (Wildman–Crippen LogP) is 1.97. The zero-order valence-electron chi connectivity index (χ0n) is 9.82. The molecule has 0 unspecified atom stereocenters. The molecule has 1 amide bonds. The van der Waals surface area contributed by atoms with Crippen LogP contribution in [0.4, 0.5) is 5.69 Å². The summed E-state index contributed by atoms with van der Waals surface area (Å²) in [7, 11) is -3.36. The first kappa shape index (κ1) is 14.4. The van der Waals surface area contributed by atoms with E-state index in [4.69, 9.17) is 0 Å². The van der Waals surface area contributed by atoms with Crippen molar-refractivity contribution in [3.05, 3.63) is 27.3 Å². The summed E-state index contributed by atoms with van der Waals surface area (Å²) in [6.07, 6.45) is 1.05. The number of rotatable bonds is 3. The number of hydrogen-bond donors (Lipinski definition) is 1. The molecular weight excluding hydrogens is 353 g/mol. The van der Waals surface area contributed by atoms with Crippen molar-refractivity contribution in [2.45, 2.75) is 19.1 Å². The van der Waals surface area contributed by atoms with Crippen LogP contribution in [-0.2, 0) is 14.6 Å². The highest BCUT2D eigenvalue weighted by Gasteiger charge is 2.23. The highest BCUT2D eigenvalue weighted by molar-refractivity contribution is 14.1. The van der Waals surface area contributed by atoms with Gasteiger partial charge in [0, 0.05) is 15.5 Å². The third kappa shape index (κ3) is 3.67. The molecule has 1 rings (SSSR count). The lowest BCUT2D eigenvalue weighted by atomic mass is 10.2. The number of carbonyl (C=O) groups is 1. The summed E-state index contributed by atoms with van der Waals surface area (Å²) in [5.41, 5.74) is 1.58. The average molecular weight is 367 g/mol. The van der Waals surface area contributed by atoms with Crippen molar-refractivity contribution < 1.29 is 13.2 Å². The largest absolute Gasteiger partial charge is 0.325 e. The summed E-state index contributed by atoms with van der Waals surface area (Å²) in [5, 5.41) is 1.59. The van der Waals surface area contributed by atoms with Crippen LogP contribution in [0, 0.1) is 10.5 Å². The van der Waals surface area contributed by atoms with Crippen LogP contribution in [-0.4, -0.2) is 25.8 Å². The number of carbonyl (C=O) groups excluding carboxylic acids is 1. The number of anilines is 1. The summed E-state index contributed by atoms with van der Waals surface area (Å²) in [6.45, 7) is 3.26. The van der Waals surface area contributed by atoms with E-state index in [1.54, 1.807) is 6.07 Å². The van der Waals surface area contributed by atoms with Gasteiger partial charge in [0.15, 0.2) is 9.84 Å². The van der Waals surface area contributed by atoms with Gasteiger partial charge in [-0.15, -0.1) is 0 Å². The molecule has 0 aliphatic carbocycles. The van der Waals surface area contributed by atoms with E-state index in [-0.39, 0.29) is 0 Å². The maximum atomic E-state index is 11.7. The Morgan fingerprint density at radius 1 is 1.41 bits per heavy atom. The van der Waals surface area contributed by atoms with Crippen molar-refractivity contribution in [1.82, 2.24) is 0 Å². The maximum Gasteiger partial charge on any atom is 0.242 e. The van der Waals surface area contributed by atoms with E-state index in [0.29, 0.717) is 5.69 Å². The Labute approximate surface area is 115 Å². The van der Waals surface area contributed by atoms with E-state index < -0.39 is 21.0 Å². The van der Waals surface area contributed by atoms with E-state index in [1.807, 2.05) is 19.1 Å². The Balaban J connectivity index is 2.93. The van der Waals surface area contributed by atoms with Crippen LogP contribution in [0.2, 0.25) is 0 Å². The van der Waals surface area contributed by atoms with Crippen LogP contribution in [0.3, 0.4) is 0 Å². The van der Waals surface area contributed by atoms with Crippen molar-refractivity contribution in [2.75, 3.05) is 11.6 Å². The smallest absolute Gasteiger partial charge is 0.242 e. The maximum absolute atomic E-state index is 11.7. The van der Waals surface area contributed by atoms with Gasteiger partial charge >= 0.3 is 0 Å². The molecule has 94 valence electrons. The molecule has 1 aromatic carbocycles. The van der Waals surface area contributed by atoms with Crippen LogP contribution in [0.5, 0.6) is 0 Å². The minimum absolute atomic E-state index is 0.502. The standard InChI is InChI=1S/C11H14INO3S/c1-7-9(12)5-4-6-10(7)13-11(14)8(2)17(3,15)16/h4-6,8H,1-3H3,(H,13,14)/t8-/m0/s1. The molecule has 6 heteroatoms. The second kappa shape index (κ2) is 5.34. The van der Waals surface area contributed by atoms with Crippen LogP contribution in [0.1, 0.15) is 12.5 Å². The van der Waals surface area contributed by atoms with Gasteiger partial charge in [0.05, 0.1) is 0 Å². The normalized spacial score (nSPS) is 13.2. The number of nitrogens with one attached hydrogen (secondary N) is 1. The second-order valence-electron chi connectivity index (χ2n) is 3.87. The Morgan fingerprint density at radius 2 is 2.00 bits per heavy atom. The summed E-state index contributed by atoms with van der Waals surface area (Å²) in [6, 6.07) is 5.49. The number of halogens is 1. The lowest BCUT2D eigenvalue weighted by molar-refractivity contribution is -0.115. The summed E-state index contributed by atoms with van der Waals surface area (Å²) in [5.74, 6) is -0.502. The summed E-state index contributed by atoms with van der Waals surface area (Å²) < 4.78 is 23.5. The van der Waals surface area contributed by atoms with E-state index in [1.165, 1.54) is 6.92 Å². The van der Waals surface area contributed by atoms with E-state index in [2.05, 4.69) is 27.9 Å². The molecule has 1 atom stereocenters. The van der Waals surface area contributed by atoms with E-state index in [9.17, 15) is 13.2 Å². The molecule has 0 saturated carbocycles. The predicted molar refractivity (Wildman–Crippen MR) is 76.8 cm³/mol. The number of benzene rings is 1. The molecule has 1 aromatic rings. The number of amides is 1. The Hall–Kier alpha value is -0.630. The summed E-state index contributed by atoms with van der Waals surface area (Å²) >= 11 is 2.16. The molecule has 4 nitrogen and oxygen atoms in total. The van der Waals surface area contributed by atoms with Crippen molar-refractivity contribution >= 4 is 44.0 Å². The molecule has 0 heterocycles. The number of sulfone groups is 1. The van der Waals surface area contributed by atoms with E-state index >= 15 is 0 Å². The monoisotopic (exact) mass is 367 g/mol. The van der Waals surface area contributed by atoms with Gasteiger partial charge in [-0.2, -0.15) is 0 Å². The first-order valence-corrected chi connectivity index (χ1v) is 8.01. The van der Waals surface area contributed by atoms with Gasteiger partial charge in [0.2, 0.25) is 5.91 Å². The van der Waals surface area contributed by atoms with Crippen LogP contribution in [0.25, 0.3) is 0 Å². The topological polar surface area (TPSA) is 63.2 Å². The van der Waals surface area contributed by atoms with Gasteiger partial charge in [-0.3, -0.25) is 4.79 Å². The van der Waals surface area contributed by atoms with Gasteiger partial charge < -0.3 is 5.32 Å². The van der Waals surface area contributed by atoms with Crippen molar-refractivity contribution in [1.29, 1.82) is 0 Å². The van der Waals surface area contributed by atoms with Crippen LogP contribution >= 0.6 is 22.6 Å². The van der Waals surface area contributed by atoms with Crippen molar-refractivity contribution in [2.24, 2.45) is 0 Å². The first-order valence-electron chi connectivity index (χ1n) is 4.98. The summed E-state index contributed by atoms with van der Waals surface area (Å²) in [4.78, 5) is 11.7. The molecule has 0 radical (unpaired) electrons. The highest BCUT2D eigenvalue weighted by atomic mass is 127. The molecule has 0 spiro atoms. The zero-order valence-corrected chi connectivity index (χ0v) is 12.8. The Bertz CT molecular complexity index is 540. The average Bonchev–Trinajstić information content (AvgIpc) is 2.22. The molecular formula is C11H14INO3S. The molecule has 17 heavy (non-hydrogen) atoms. The molecule has 0 fully saturated rings. The number of hydrogen-bond acceptors (Lipinski definition) is 3. The van der Waals surface area contributed by atoms with Gasteiger partial charge in [-0.05, 0) is 54.1 Å². The second-order valence-corrected chi connectivity index (χ2v) is 7.40. The fraction of sp³-hybridized carbons (Fsp3) is 0.364. The third-order valence-corrected chi connectivity index (χ3v) is 5.20. The minimum atomic E-state index is -3.36. The Kier molecular flexibility index (Phi) is 4.54. The fourth-order valence-electron chi connectivity index (χ4n) is 1.17. The minimum Gasteiger partial charge on any atom is -0.325 e. The zero-order chi connectivity index (χ0) is 13.2. The first-order chi connectivity index (χ1) is 7.73. The van der Waals surface area contributed by atoms with Crippen molar-refractivity contribution in [3.63, 3.8) is 0 Å². The molecule has 0 bridgehead atoms. The highest BCUT2D eigenvalue weighted by Crippen LogP contribution is 2.20. The molecule has 0 saturated heterocycles. The van der Waals surface area contributed by atoms with Gasteiger partial charge in [0.1, 0.15) is 5.25 Å². The fourth-order valence-corrected chi connectivity index (χ4v) is 2.12. The third-order valence-electron chi connectivity index (χ3n) is 2.54. The molecule has 0 aliphatic rings. The lowest BCUT2D eigenvalue weighted by Crippen LogP contribution is -2.32. The molecule has 0 aliphatic heterocycles. The van der Waals surface area contributed by atoms with Crippen LogP contribution in [0.15, 0.2) is 18.2 Å². The van der Waals surface area contributed by atoms with Crippen molar-refractivity contribution in [3.8, 4) is 0 Å². The molecule has 0 aromatic heterocycles. The van der Waals surface area contributed by atoms with Crippen LogP contribution < -0.4 is 5.32 Å². The van der Waals surface area contributed by atoms with Gasteiger partial charge in [-0.25, -0.2) is 8.42 Å². The molecule has 1 N–H and O–H groups in total. The van der Waals surface area contributed by atoms with Gasteiger partial charge in [0.25, 0.3) is 0 Å².